The van der Waals surface area contributed by atoms with E-state index in [0.29, 0.717) is 17.3 Å². The van der Waals surface area contributed by atoms with Crippen LogP contribution in [0.2, 0.25) is 5.02 Å². The van der Waals surface area contributed by atoms with Crippen molar-refractivity contribution in [1.82, 2.24) is 14.9 Å². The highest BCUT2D eigenvalue weighted by atomic mass is 35.5. The first-order chi connectivity index (χ1) is 10.1. The maximum Gasteiger partial charge on any atom is 0.268 e. The zero-order chi connectivity index (χ0) is 14.8. The van der Waals surface area contributed by atoms with Gasteiger partial charge in [-0.2, -0.15) is 0 Å². The first-order valence-electron chi connectivity index (χ1n) is 6.57. The van der Waals surface area contributed by atoms with Gasteiger partial charge in [0.05, 0.1) is 0 Å². The summed E-state index contributed by atoms with van der Waals surface area (Å²) >= 11 is 6.00. The summed E-state index contributed by atoms with van der Waals surface area (Å²) < 4.78 is 1.85. The summed E-state index contributed by atoms with van der Waals surface area (Å²) in [5, 5.41) is 4.55. The molecule has 0 saturated heterocycles. The number of carbonyl (C=O) groups is 1. The molecule has 2 aromatic heterocycles. The summed E-state index contributed by atoms with van der Waals surface area (Å²) in [5.74, 6) is -0.117. The van der Waals surface area contributed by atoms with E-state index in [1.807, 2.05) is 48.0 Å². The van der Waals surface area contributed by atoms with Crippen LogP contribution in [0.5, 0.6) is 0 Å². The van der Waals surface area contributed by atoms with Crippen LogP contribution >= 0.6 is 11.6 Å². The van der Waals surface area contributed by atoms with Gasteiger partial charge in [-0.3, -0.25) is 9.78 Å². The van der Waals surface area contributed by atoms with Gasteiger partial charge < -0.3 is 9.88 Å². The second-order valence-electron chi connectivity index (χ2n) is 4.84. The molecule has 21 heavy (non-hydrogen) atoms. The molecule has 5 heteroatoms. The molecule has 106 valence electrons. The number of hydrogen-bond donors (Lipinski definition) is 1. The van der Waals surface area contributed by atoms with Crippen molar-refractivity contribution in [2.75, 3.05) is 0 Å². The molecule has 1 N–H and O–H groups in total. The van der Waals surface area contributed by atoms with Crippen LogP contribution in [0.3, 0.4) is 0 Å². The van der Waals surface area contributed by atoms with E-state index in [9.17, 15) is 4.79 Å². The second kappa shape index (κ2) is 5.58. The number of nitrogens with zero attached hydrogens (tertiary/aromatic N) is 2. The summed E-state index contributed by atoms with van der Waals surface area (Å²) in [6.45, 7) is 0.453. The molecule has 2 heterocycles. The molecule has 0 fully saturated rings. The highest BCUT2D eigenvalue weighted by Gasteiger charge is 2.13. The van der Waals surface area contributed by atoms with E-state index in [1.54, 1.807) is 12.4 Å². The zero-order valence-electron chi connectivity index (χ0n) is 11.5. The molecular weight excluding hydrogens is 286 g/mol. The number of carbonyl (C=O) groups excluding carboxylic acids is 1. The molecule has 1 amide bonds. The summed E-state index contributed by atoms with van der Waals surface area (Å²) in [6, 6.07) is 11.2. The summed E-state index contributed by atoms with van der Waals surface area (Å²) in [4.78, 5) is 16.3. The van der Waals surface area contributed by atoms with Crippen molar-refractivity contribution in [2.45, 2.75) is 6.54 Å². The average molecular weight is 300 g/mol. The van der Waals surface area contributed by atoms with Crippen LogP contribution in [0, 0.1) is 0 Å². The number of aromatic nitrogens is 2. The van der Waals surface area contributed by atoms with Crippen LogP contribution in [-0.4, -0.2) is 15.5 Å². The fourth-order valence-electron chi connectivity index (χ4n) is 2.30. The van der Waals surface area contributed by atoms with E-state index in [-0.39, 0.29) is 5.91 Å². The van der Waals surface area contributed by atoms with Gasteiger partial charge in [0.2, 0.25) is 0 Å². The average Bonchev–Trinajstić information content (AvgIpc) is 2.83. The quantitative estimate of drug-likeness (QED) is 0.807. The Hall–Kier alpha value is -2.33. The van der Waals surface area contributed by atoms with Gasteiger partial charge in [0, 0.05) is 41.9 Å². The minimum atomic E-state index is -0.117. The molecule has 3 aromatic rings. The van der Waals surface area contributed by atoms with Crippen molar-refractivity contribution < 1.29 is 4.79 Å². The standard InChI is InChI=1S/C16H14ClN3O/c1-20-14-8-13(17)5-4-12(14)7-15(20)16(21)19-10-11-3-2-6-18-9-11/h2-9H,10H2,1H3,(H,19,21). The molecule has 0 atom stereocenters. The number of hydrogen-bond acceptors (Lipinski definition) is 2. The van der Waals surface area contributed by atoms with Crippen LogP contribution in [-0.2, 0) is 13.6 Å². The van der Waals surface area contributed by atoms with Crippen LogP contribution in [0.4, 0.5) is 0 Å². The Morgan fingerprint density at radius 1 is 1.33 bits per heavy atom. The number of amides is 1. The zero-order valence-corrected chi connectivity index (χ0v) is 12.3. The Kier molecular flexibility index (Phi) is 3.62. The summed E-state index contributed by atoms with van der Waals surface area (Å²) in [5.41, 5.74) is 2.51. The molecule has 0 unspecified atom stereocenters. The van der Waals surface area contributed by atoms with E-state index in [2.05, 4.69) is 10.3 Å². The van der Waals surface area contributed by atoms with E-state index >= 15 is 0 Å². The van der Waals surface area contributed by atoms with Gasteiger partial charge >= 0.3 is 0 Å². The van der Waals surface area contributed by atoms with Crippen molar-refractivity contribution in [3.8, 4) is 0 Å². The number of halogens is 1. The topological polar surface area (TPSA) is 46.9 Å². The van der Waals surface area contributed by atoms with Crippen molar-refractivity contribution in [3.05, 3.63) is 65.1 Å². The van der Waals surface area contributed by atoms with E-state index in [4.69, 9.17) is 11.6 Å². The lowest BCUT2D eigenvalue weighted by molar-refractivity contribution is 0.0943. The van der Waals surface area contributed by atoms with Crippen molar-refractivity contribution in [2.24, 2.45) is 7.05 Å². The van der Waals surface area contributed by atoms with E-state index in [0.717, 1.165) is 16.5 Å². The van der Waals surface area contributed by atoms with Gasteiger partial charge in [-0.05, 0) is 29.8 Å². The largest absolute Gasteiger partial charge is 0.347 e. The number of fused-ring (bicyclic) bond motifs is 1. The van der Waals surface area contributed by atoms with E-state index in [1.165, 1.54) is 0 Å². The van der Waals surface area contributed by atoms with Gasteiger partial charge in [0.1, 0.15) is 5.69 Å². The van der Waals surface area contributed by atoms with Crippen LogP contribution in [0.1, 0.15) is 16.1 Å². The molecule has 0 bridgehead atoms. The molecule has 4 nitrogen and oxygen atoms in total. The molecule has 0 saturated carbocycles. The third-order valence-corrected chi connectivity index (χ3v) is 3.65. The predicted octanol–water partition coefficient (Wildman–Crippen LogP) is 3.16. The molecule has 3 rings (SSSR count). The fraction of sp³-hybridized carbons (Fsp3) is 0.125. The highest BCUT2D eigenvalue weighted by Crippen LogP contribution is 2.22. The second-order valence-corrected chi connectivity index (χ2v) is 5.27. The van der Waals surface area contributed by atoms with Gasteiger partial charge in [-0.1, -0.05) is 23.7 Å². The fourth-order valence-corrected chi connectivity index (χ4v) is 2.46. The maximum atomic E-state index is 12.3. The lowest BCUT2D eigenvalue weighted by Gasteiger charge is -2.06. The number of rotatable bonds is 3. The summed E-state index contributed by atoms with van der Waals surface area (Å²) in [7, 11) is 1.86. The minimum absolute atomic E-state index is 0.117. The highest BCUT2D eigenvalue weighted by molar-refractivity contribution is 6.31. The Morgan fingerprint density at radius 2 is 2.19 bits per heavy atom. The summed E-state index contributed by atoms with van der Waals surface area (Å²) in [6.07, 6.45) is 3.44. The predicted molar refractivity (Wildman–Crippen MR) is 83.3 cm³/mol. The van der Waals surface area contributed by atoms with Crippen LogP contribution in [0.15, 0.2) is 48.8 Å². The Bertz CT molecular complexity index is 796. The molecular formula is C16H14ClN3O. The van der Waals surface area contributed by atoms with Gasteiger partial charge in [-0.15, -0.1) is 0 Å². The van der Waals surface area contributed by atoms with Crippen molar-refractivity contribution in [1.29, 1.82) is 0 Å². The molecule has 0 aliphatic heterocycles. The van der Waals surface area contributed by atoms with Gasteiger partial charge in [0.15, 0.2) is 0 Å². The molecule has 1 aromatic carbocycles. The first kappa shape index (κ1) is 13.6. The first-order valence-corrected chi connectivity index (χ1v) is 6.95. The van der Waals surface area contributed by atoms with Gasteiger partial charge in [0.25, 0.3) is 5.91 Å². The SMILES string of the molecule is Cn1c(C(=O)NCc2cccnc2)cc2ccc(Cl)cc21. The third-order valence-electron chi connectivity index (χ3n) is 3.42. The maximum absolute atomic E-state index is 12.3. The third kappa shape index (κ3) is 2.76. The minimum Gasteiger partial charge on any atom is -0.347 e. The Labute approximate surface area is 127 Å². The Morgan fingerprint density at radius 3 is 2.95 bits per heavy atom. The van der Waals surface area contributed by atoms with Crippen molar-refractivity contribution in [3.63, 3.8) is 0 Å². The van der Waals surface area contributed by atoms with Crippen molar-refractivity contribution >= 4 is 28.4 Å². The molecule has 0 aliphatic carbocycles. The number of benzene rings is 1. The molecule has 0 radical (unpaired) electrons. The number of nitrogens with one attached hydrogen (secondary N) is 1. The normalized spacial score (nSPS) is 10.8. The number of pyridine rings is 1. The lowest BCUT2D eigenvalue weighted by atomic mass is 10.2. The monoisotopic (exact) mass is 299 g/mol. The molecule has 0 aliphatic rings. The van der Waals surface area contributed by atoms with Gasteiger partial charge in [-0.25, -0.2) is 0 Å². The molecule has 0 spiro atoms. The van der Waals surface area contributed by atoms with Crippen LogP contribution < -0.4 is 5.32 Å². The lowest BCUT2D eigenvalue weighted by Crippen LogP contribution is -2.24. The van der Waals surface area contributed by atoms with E-state index < -0.39 is 0 Å². The Balaban J connectivity index is 1.83. The van der Waals surface area contributed by atoms with Crippen LogP contribution in [0.25, 0.3) is 10.9 Å². The number of aryl methyl sites for hydroxylation is 1. The smallest absolute Gasteiger partial charge is 0.268 e.